The van der Waals surface area contributed by atoms with E-state index in [1.54, 1.807) is 0 Å². The van der Waals surface area contributed by atoms with Crippen LogP contribution in [0.15, 0.2) is 0 Å². The first-order valence-electron chi connectivity index (χ1n) is 5.00. The van der Waals surface area contributed by atoms with E-state index in [9.17, 15) is 0 Å². The summed E-state index contributed by atoms with van der Waals surface area (Å²) in [5.74, 6) is 1.63. The second-order valence-corrected chi connectivity index (χ2v) is 4.89. The normalized spacial score (nSPS) is 27.6. The predicted octanol–water partition coefficient (Wildman–Crippen LogP) is 3.18. The van der Waals surface area contributed by atoms with Crippen molar-refractivity contribution >= 4 is 29.1 Å². The van der Waals surface area contributed by atoms with Gasteiger partial charge in [0.25, 0.3) is 0 Å². The van der Waals surface area contributed by atoms with Crippen LogP contribution in [0.3, 0.4) is 0 Å². The van der Waals surface area contributed by atoms with E-state index in [1.807, 2.05) is 0 Å². The van der Waals surface area contributed by atoms with Crippen LogP contribution in [0.25, 0.3) is 0 Å². The Kier molecular flexibility index (Phi) is 3.23. The molecule has 0 saturated heterocycles. The summed E-state index contributed by atoms with van der Waals surface area (Å²) in [7, 11) is 0. The Morgan fingerprint density at radius 2 is 2.00 bits per heavy atom. The maximum Gasteiger partial charge on any atom is 0.186 e. The van der Waals surface area contributed by atoms with Gasteiger partial charge in [0.1, 0.15) is 0 Å². The maximum absolute atomic E-state index is 5.86. The van der Waals surface area contributed by atoms with Crippen molar-refractivity contribution < 1.29 is 0 Å². The smallest absolute Gasteiger partial charge is 0.186 e. The Morgan fingerprint density at radius 3 is 2.57 bits per heavy atom. The van der Waals surface area contributed by atoms with E-state index < -0.39 is 0 Å². The Morgan fingerprint density at radius 1 is 1.29 bits per heavy atom. The molecule has 0 aromatic carbocycles. The average molecular weight is 232 g/mol. The highest BCUT2D eigenvalue weighted by Gasteiger charge is 2.19. The number of nitrogens with zero attached hydrogens (tertiary/aromatic N) is 2. The van der Waals surface area contributed by atoms with Gasteiger partial charge in [-0.2, -0.15) is 8.75 Å². The molecule has 14 heavy (non-hydrogen) atoms. The molecule has 1 fully saturated rings. The Hall–Kier alpha value is -0.350. The number of hydrogen-bond donors (Lipinski definition) is 1. The Bertz CT molecular complexity index is 294. The number of anilines is 1. The number of hydrogen-bond acceptors (Lipinski definition) is 4. The molecule has 3 nitrogen and oxygen atoms in total. The Balaban J connectivity index is 1.89. The number of aromatic nitrogens is 2. The molecular weight excluding hydrogens is 218 g/mol. The van der Waals surface area contributed by atoms with Crippen LogP contribution >= 0.6 is 23.3 Å². The van der Waals surface area contributed by atoms with Crippen molar-refractivity contribution in [3.05, 3.63) is 5.15 Å². The highest BCUT2D eigenvalue weighted by atomic mass is 35.5. The van der Waals surface area contributed by atoms with E-state index in [4.69, 9.17) is 11.6 Å². The largest absolute Gasteiger partial charge is 0.364 e. The van der Waals surface area contributed by atoms with E-state index in [0.717, 1.165) is 23.5 Å². The lowest BCUT2D eigenvalue weighted by Crippen LogP contribution is -2.25. The number of halogens is 1. The molecule has 1 aromatic rings. The first-order chi connectivity index (χ1) is 6.75. The molecule has 0 amide bonds. The highest BCUT2D eigenvalue weighted by molar-refractivity contribution is 6.99. The zero-order valence-corrected chi connectivity index (χ0v) is 9.74. The minimum absolute atomic E-state index is 0.508. The quantitative estimate of drug-likeness (QED) is 0.850. The molecule has 1 N–H and O–H groups in total. The molecule has 1 aliphatic carbocycles. The van der Waals surface area contributed by atoms with Gasteiger partial charge in [-0.3, -0.25) is 0 Å². The second-order valence-electron chi connectivity index (χ2n) is 4.00. The van der Waals surface area contributed by atoms with Gasteiger partial charge >= 0.3 is 0 Å². The summed E-state index contributed by atoms with van der Waals surface area (Å²) in [5, 5.41) is 3.86. The van der Waals surface area contributed by atoms with Gasteiger partial charge in [-0.1, -0.05) is 18.5 Å². The molecule has 5 heteroatoms. The van der Waals surface area contributed by atoms with Crippen LogP contribution in [0.2, 0.25) is 5.15 Å². The standard InChI is InChI=1S/C9H14ClN3S/c1-6-2-4-7(5-3-6)11-9-8(10)12-14-13-9/h6-7H,2-5H2,1H3,(H,11,13). The zero-order valence-electron chi connectivity index (χ0n) is 8.16. The third-order valence-corrected chi connectivity index (χ3v) is 3.70. The molecule has 1 heterocycles. The van der Waals surface area contributed by atoms with Crippen molar-refractivity contribution in [3.8, 4) is 0 Å². The summed E-state index contributed by atoms with van der Waals surface area (Å²) in [6.45, 7) is 2.31. The topological polar surface area (TPSA) is 37.8 Å². The predicted molar refractivity (Wildman–Crippen MR) is 60.0 cm³/mol. The maximum atomic E-state index is 5.86. The minimum atomic E-state index is 0.508. The van der Waals surface area contributed by atoms with Gasteiger partial charge in [-0.05, 0) is 31.6 Å². The van der Waals surface area contributed by atoms with Gasteiger partial charge in [0.15, 0.2) is 11.0 Å². The van der Waals surface area contributed by atoms with Crippen LogP contribution in [0.1, 0.15) is 32.6 Å². The first kappa shape index (κ1) is 10.2. The molecule has 1 saturated carbocycles. The summed E-state index contributed by atoms with van der Waals surface area (Å²) < 4.78 is 8.05. The lowest BCUT2D eigenvalue weighted by molar-refractivity contribution is 0.361. The summed E-state index contributed by atoms with van der Waals surface area (Å²) >= 11 is 7.02. The minimum Gasteiger partial charge on any atom is -0.364 e. The lowest BCUT2D eigenvalue weighted by Gasteiger charge is -2.26. The molecule has 0 radical (unpaired) electrons. The molecule has 0 atom stereocenters. The van der Waals surface area contributed by atoms with Gasteiger partial charge in [-0.15, -0.1) is 0 Å². The van der Waals surface area contributed by atoms with Crippen molar-refractivity contribution in [3.63, 3.8) is 0 Å². The summed E-state index contributed by atoms with van der Waals surface area (Å²) in [4.78, 5) is 0. The van der Waals surface area contributed by atoms with E-state index >= 15 is 0 Å². The molecular formula is C9H14ClN3S. The molecule has 78 valence electrons. The van der Waals surface area contributed by atoms with Crippen molar-refractivity contribution in [1.82, 2.24) is 8.75 Å². The third-order valence-electron chi connectivity index (χ3n) is 2.81. The number of nitrogens with one attached hydrogen (secondary N) is 1. The first-order valence-corrected chi connectivity index (χ1v) is 6.11. The van der Waals surface area contributed by atoms with Crippen LogP contribution < -0.4 is 5.32 Å². The van der Waals surface area contributed by atoms with E-state index in [2.05, 4.69) is 21.0 Å². The average Bonchev–Trinajstić information content (AvgIpc) is 2.56. The number of rotatable bonds is 2. The molecule has 0 aliphatic heterocycles. The van der Waals surface area contributed by atoms with Crippen LogP contribution in [0.5, 0.6) is 0 Å². The van der Waals surface area contributed by atoms with Gasteiger partial charge in [0.05, 0.1) is 11.7 Å². The Labute approximate surface area is 93.2 Å². The SMILES string of the molecule is CC1CCC(Nc2nsnc2Cl)CC1. The van der Waals surface area contributed by atoms with Crippen LogP contribution in [0.4, 0.5) is 5.82 Å². The molecule has 0 spiro atoms. The van der Waals surface area contributed by atoms with Gasteiger partial charge in [0.2, 0.25) is 0 Å². The van der Waals surface area contributed by atoms with E-state index in [1.165, 1.54) is 25.7 Å². The summed E-state index contributed by atoms with van der Waals surface area (Å²) in [6.07, 6.45) is 5.03. The van der Waals surface area contributed by atoms with Crippen LogP contribution in [-0.2, 0) is 0 Å². The second kappa shape index (κ2) is 4.45. The van der Waals surface area contributed by atoms with Crippen molar-refractivity contribution in [2.45, 2.75) is 38.6 Å². The van der Waals surface area contributed by atoms with Crippen LogP contribution in [0, 0.1) is 5.92 Å². The fourth-order valence-electron chi connectivity index (χ4n) is 1.86. The van der Waals surface area contributed by atoms with E-state index in [0.29, 0.717) is 11.2 Å². The van der Waals surface area contributed by atoms with Crippen LogP contribution in [-0.4, -0.2) is 14.8 Å². The lowest BCUT2D eigenvalue weighted by atomic mass is 9.87. The zero-order chi connectivity index (χ0) is 9.97. The summed E-state index contributed by atoms with van der Waals surface area (Å²) in [6, 6.07) is 0.535. The molecule has 2 rings (SSSR count). The van der Waals surface area contributed by atoms with Crippen molar-refractivity contribution in [1.29, 1.82) is 0 Å². The monoisotopic (exact) mass is 231 g/mol. The van der Waals surface area contributed by atoms with E-state index in [-0.39, 0.29) is 0 Å². The highest BCUT2D eigenvalue weighted by Crippen LogP contribution is 2.27. The van der Waals surface area contributed by atoms with Gasteiger partial charge in [-0.25, -0.2) is 0 Å². The van der Waals surface area contributed by atoms with Gasteiger partial charge in [0, 0.05) is 6.04 Å². The summed E-state index contributed by atoms with van der Waals surface area (Å²) in [5.41, 5.74) is 0. The van der Waals surface area contributed by atoms with Crippen molar-refractivity contribution in [2.24, 2.45) is 5.92 Å². The van der Waals surface area contributed by atoms with Crippen molar-refractivity contribution in [2.75, 3.05) is 5.32 Å². The third kappa shape index (κ3) is 2.36. The van der Waals surface area contributed by atoms with Gasteiger partial charge < -0.3 is 5.32 Å². The molecule has 1 aliphatic rings. The molecule has 0 bridgehead atoms. The molecule has 1 aromatic heterocycles. The molecule has 0 unspecified atom stereocenters. The fraction of sp³-hybridized carbons (Fsp3) is 0.778. The fourth-order valence-corrected chi connectivity index (χ4v) is 2.52.